The van der Waals surface area contributed by atoms with Gasteiger partial charge in [-0.3, -0.25) is 9.36 Å². The molecular weight excluding hydrogens is 294 g/mol. The molecule has 1 saturated heterocycles. The first-order chi connectivity index (χ1) is 10.5. The lowest BCUT2D eigenvalue weighted by Gasteiger charge is -2.19. The normalized spacial score (nSPS) is 28.1. The number of anilines is 1. The molecular formula is C12H15N5O5. The van der Waals surface area contributed by atoms with E-state index < -0.39 is 37.1 Å². The van der Waals surface area contributed by atoms with E-state index >= 15 is 0 Å². The van der Waals surface area contributed by atoms with E-state index in [0.717, 1.165) is 0 Å². The maximum absolute atomic E-state index is 11.1. The fourth-order valence-corrected chi connectivity index (χ4v) is 2.49. The number of rotatable bonds is 3. The van der Waals surface area contributed by atoms with E-state index in [4.69, 9.17) is 15.2 Å². The van der Waals surface area contributed by atoms with Gasteiger partial charge in [-0.2, -0.15) is 0 Å². The van der Waals surface area contributed by atoms with Gasteiger partial charge in [-0.25, -0.2) is 15.0 Å². The van der Waals surface area contributed by atoms with Crippen LogP contribution in [0, 0.1) is 0 Å². The minimum atomic E-state index is -1.19. The predicted molar refractivity (Wildman–Crippen MR) is 72.3 cm³/mol. The van der Waals surface area contributed by atoms with Crippen LogP contribution in [0.4, 0.5) is 5.82 Å². The summed E-state index contributed by atoms with van der Waals surface area (Å²) >= 11 is 0. The Bertz CT molecular complexity index is 704. The Labute approximate surface area is 124 Å². The summed E-state index contributed by atoms with van der Waals surface area (Å²) in [5.74, 6) is -0.375. The van der Waals surface area contributed by atoms with Gasteiger partial charge in [0.2, 0.25) is 0 Å². The zero-order valence-electron chi connectivity index (χ0n) is 11.7. The van der Waals surface area contributed by atoms with Crippen molar-refractivity contribution in [3.8, 4) is 0 Å². The summed E-state index contributed by atoms with van der Waals surface area (Å²) in [4.78, 5) is 23.1. The summed E-state index contributed by atoms with van der Waals surface area (Å²) in [5, 5.41) is 19.7. The molecule has 1 aliphatic heterocycles. The lowest BCUT2D eigenvalue weighted by atomic mass is 10.1. The molecule has 0 unspecified atom stereocenters. The van der Waals surface area contributed by atoms with Crippen LogP contribution in [-0.2, 0) is 14.3 Å². The number of nitrogens with two attached hydrogens (primary N) is 1. The molecule has 4 N–H and O–H groups in total. The molecule has 0 amide bonds. The Morgan fingerprint density at radius 1 is 1.50 bits per heavy atom. The van der Waals surface area contributed by atoms with E-state index in [1.165, 1.54) is 24.1 Å². The fraction of sp³-hybridized carbons (Fsp3) is 0.500. The summed E-state index contributed by atoms with van der Waals surface area (Å²) in [5.41, 5.74) is 6.45. The zero-order valence-corrected chi connectivity index (χ0v) is 11.7. The van der Waals surface area contributed by atoms with Crippen molar-refractivity contribution in [1.29, 1.82) is 0 Å². The number of nitrogens with zero attached hydrogens (tertiary/aromatic N) is 4. The van der Waals surface area contributed by atoms with Crippen molar-refractivity contribution in [1.82, 2.24) is 19.5 Å². The third-order valence-electron chi connectivity index (χ3n) is 3.45. The van der Waals surface area contributed by atoms with Crippen molar-refractivity contribution in [2.45, 2.75) is 31.5 Å². The number of carbonyl (C=O) groups is 1. The minimum Gasteiger partial charge on any atom is -0.457 e. The first-order valence-electron chi connectivity index (χ1n) is 6.57. The molecule has 10 heteroatoms. The van der Waals surface area contributed by atoms with Crippen LogP contribution in [0.5, 0.6) is 0 Å². The van der Waals surface area contributed by atoms with Crippen molar-refractivity contribution in [3.05, 3.63) is 12.7 Å². The summed E-state index contributed by atoms with van der Waals surface area (Å²) in [6.45, 7) is 0.810. The van der Waals surface area contributed by atoms with Crippen LogP contribution >= 0.6 is 0 Å². The zero-order chi connectivity index (χ0) is 15.9. The van der Waals surface area contributed by atoms with E-state index in [0.29, 0.717) is 11.2 Å². The second-order valence-electron chi connectivity index (χ2n) is 4.90. The SMILES string of the molecule is CC(=O)O[C@H]1[C@@H](O)[C@H](n2cnc3c(N)ncnc32)O[C@@H]1CO. The van der Waals surface area contributed by atoms with Crippen LogP contribution in [0.3, 0.4) is 0 Å². The maximum Gasteiger partial charge on any atom is 0.303 e. The number of nitrogen functional groups attached to an aromatic ring is 1. The molecule has 10 nitrogen and oxygen atoms in total. The van der Waals surface area contributed by atoms with Crippen LogP contribution < -0.4 is 5.73 Å². The number of hydrogen-bond donors (Lipinski definition) is 3. The first kappa shape index (κ1) is 14.6. The van der Waals surface area contributed by atoms with Gasteiger partial charge in [-0.15, -0.1) is 0 Å². The molecule has 0 radical (unpaired) electrons. The van der Waals surface area contributed by atoms with Crippen LogP contribution in [-0.4, -0.2) is 60.6 Å². The molecule has 22 heavy (non-hydrogen) atoms. The molecule has 0 bridgehead atoms. The van der Waals surface area contributed by atoms with Gasteiger partial charge >= 0.3 is 5.97 Å². The Morgan fingerprint density at radius 2 is 2.27 bits per heavy atom. The Kier molecular flexibility index (Phi) is 3.64. The largest absolute Gasteiger partial charge is 0.457 e. The maximum atomic E-state index is 11.1. The van der Waals surface area contributed by atoms with Gasteiger partial charge in [0.05, 0.1) is 12.9 Å². The Balaban J connectivity index is 1.97. The van der Waals surface area contributed by atoms with E-state index in [2.05, 4.69) is 15.0 Å². The Hall–Kier alpha value is -2.30. The third kappa shape index (κ3) is 2.26. The molecule has 0 aliphatic carbocycles. The van der Waals surface area contributed by atoms with Gasteiger partial charge in [0.15, 0.2) is 23.8 Å². The van der Waals surface area contributed by atoms with Crippen molar-refractivity contribution < 1.29 is 24.5 Å². The number of aromatic nitrogens is 4. The number of ether oxygens (including phenoxy) is 2. The lowest BCUT2D eigenvalue weighted by molar-refractivity contribution is -0.153. The summed E-state index contributed by atoms with van der Waals surface area (Å²) < 4.78 is 12.1. The standard InChI is InChI=1S/C12H15N5O5/c1-5(19)21-9-6(2-18)22-12(8(9)20)17-4-16-7-10(13)14-3-15-11(7)17/h3-4,6,8-9,12,18,20H,2H2,1H3,(H2,13,14,15)/t6-,8-,9-,12-/m1/s1. The van der Waals surface area contributed by atoms with Crippen LogP contribution in [0.25, 0.3) is 11.2 Å². The van der Waals surface area contributed by atoms with Crippen LogP contribution in [0.1, 0.15) is 13.2 Å². The quantitative estimate of drug-likeness (QED) is 0.582. The van der Waals surface area contributed by atoms with E-state index in [1.54, 1.807) is 0 Å². The van der Waals surface area contributed by atoms with Crippen LogP contribution in [0.15, 0.2) is 12.7 Å². The predicted octanol–water partition coefficient (Wildman–Crippen LogP) is -1.41. The highest BCUT2D eigenvalue weighted by molar-refractivity contribution is 5.81. The minimum absolute atomic E-state index is 0.200. The average molecular weight is 309 g/mol. The van der Waals surface area contributed by atoms with Crippen molar-refractivity contribution in [2.75, 3.05) is 12.3 Å². The number of fused-ring (bicyclic) bond motifs is 1. The lowest BCUT2D eigenvalue weighted by Crippen LogP contribution is -2.37. The smallest absolute Gasteiger partial charge is 0.303 e. The highest BCUT2D eigenvalue weighted by Crippen LogP contribution is 2.33. The van der Waals surface area contributed by atoms with Gasteiger partial charge in [0.25, 0.3) is 0 Å². The fourth-order valence-electron chi connectivity index (χ4n) is 2.49. The molecule has 1 fully saturated rings. The third-order valence-corrected chi connectivity index (χ3v) is 3.45. The summed E-state index contributed by atoms with van der Waals surface area (Å²) in [6.07, 6.45) is -1.27. The second-order valence-corrected chi connectivity index (χ2v) is 4.90. The molecule has 2 aromatic heterocycles. The molecule has 0 spiro atoms. The van der Waals surface area contributed by atoms with Crippen LogP contribution in [0.2, 0.25) is 0 Å². The van der Waals surface area contributed by atoms with Crippen molar-refractivity contribution in [2.24, 2.45) is 0 Å². The first-order valence-corrected chi connectivity index (χ1v) is 6.57. The number of esters is 1. The monoisotopic (exact) mass is 309 g/mol. The van der Waals surface area contributed by atoms with Crippen molar-refractivity contribution in [3.63, 3.8) is 0 Å². The molecule has 3 rings (SSSR count). The van der Waals surface area contributed by atoms with E-state index in [1.807, 2.05) is 0 Å². The molecule has 3 heterocycles. The number of carbonyl (C=O) groups excluding carboxylic acids is 1. The number of imidazole rings is 1. The number of hydrogen-bond acceptors (Lipinski definition) is 9. The number of aliphatic hydroxyl groups is 2. The second kappa shape index (κ2) is 5.48. The number of aliphatic hydroxyl groups excluding tert-OH is 2. The summed E-state index contributed by atoms with van der Waals surface area (Å²) in [6, 6.07) is 0. The Morgan fingerprint density at radius 3 is 2.95 bits per heavy atom. The van der Waals surface area contributed by atoms with Crippen molar-refractivity contribution >= 4 is 23.0 Å². The highest BCUT2D eigenvalue weighted by Gasteiger charge is 2.47. The van der Waals surface area contributed by atoms with Gasteiger partial charge in [-0.05, 0) is 0 Å². The molecule has 0 saturated carbocycles. The van der Waals surface area contributed by atoms with E-state index in [-0.39, 0.29) is 5.82 Å². The topological polar surface area (TPSA) is 146 Å². The summed E-state index contributed by atoms with van der Waals surface area (Å²) in [7, 11) is 0. The molecule has 0 aromatic carbocycles. The van der Waals surface area contributed by atoms with E-state index in [9.17, 15) is 15.0 Å². The van der Waals surface area contributed by atoms with Gasteiger partial charge in [-0.1, -0.05) is 0 Å². The average Bonchev–Trinajstić information content (AvgIpc) is 3.02. The van der Waals surface area contributed by atoms with Gasteiger partial charge in [0.1, 0.15) is 24.1 Å². The molecule has 4 atom stereocenters. The molecule has 118 valence electrons. The highest BCUT2D eigenvalue weighted by atomic mass is 16.6. The molecule has 1 aliphatic rings. The van der Waals surface area contributed by atoms with Gasteiger partial charge < -0.3 is 25.4 Å². The molecule has 2 aromatic rings. The van der Waals surface area contributed by atoms with Gasteiger partial charge in [0, 0.05) is 6.92 Å².